The summed E-state index contributed by atoms with van der Waals surface area (Å²) < 4.78 is 7.16. The molecule has 2 N–H and O–H groups in total. The van der Waals surface area contributed by atoms with Crippen molar-refractivity contribution in [1.29, 1.82) is 0 Å². The van der Waals surface area contributed by atoms with Crippen molar-refractivity contribution < 1.29 is 14.6 Å². The van der Waals surface area contributed by atoms with Crippen molar-refractivity contribution in [2.45, 2.75) is 37.8 Å². The molecule has 0 aliphatic heterocycles. The maximum atomic E-state index is 10.6. The van der Waals surface area contributed by atoms with Gasteiger partial charge in [-0.3, -0.25) is 0 Å². The van der Waals surface area contributed by atoms with Gasteiger partial charge in [-0.15, -0.1) is 0 Å². The molecule has 6 heteroatoms. The minimum absolute atomic E-state index is 0.0678. The van der Waals surface area contributed by atoms with Crippen LogP contribution in [0.2, 0.25) is 0 Å². The summed E-state index contributed by atoms with van der Waals surface area (Å²) in [5, 5.41) is 11.3. The molecule has 1 saturated carbocycles. The minimum atomic E-state index is -0.937. The fourth-order valence-electron chi connectivity index (χ4n) is 2.60. The number of carboxylic acid groups (broad SMARTS) is 1. The molecule has 6 nitrogen and oxygen atoms in total. The van der Waals surface area contributed by atoms with Gasteiger partial charge < -0.3 is 19.7 Å². The Morgan fingerprint density at radius 1 is 1.67 bits per heavy atom. The third kappa shape index (κ3) is 3.01. The lowest BCUT2D eigenvalue weighted by molar-refractivity contribution is 0.186. The number of amides is 1. The Morgan fingerprint density at radius 3 is 3.22 bits per heavy atom. The molecular weight excluding hydrogens is 234 g/mol. The highest BCUT2D eigenvalue weighted by molar-refractivity contribution is 5.64. The number of aromatic nitrogens is 2. The van der Waals surface area contributed by atoms with Gasteiger partial charge in [0.25, 0.3) is 0 Å². The lowest BCUT2D eigenvalue weighted by Gasteiger charge is -2.14. The van der Waals surface area contributed by atoms with Crippen LogP contribution in [0.15, 0.2) is 12.5 Å². The summed E-state index contributed by atoms with van der Waals surface area (Å²) in [5.74, 6) is 0.390. The Balaban J connectivity index is 1.96. The zero-order valence-electron chi connectivity index (χ0n) is 10.5. The van der Waals surface area contributed by atoms with E-state index in [-0.39, 0.29) is 6.04 Å². The molecule has 0 aromatic carbocycles. The van der Waals surface area contributed by atoms with Gasteiger partial charge in [0.2, 0.25) is 0 Å². The van der Waals surface area contributed by atoms with Crippen LogP contribution in [0.3, 0.4) is 0 Å². The molecule has 0 bridgehead atoms. The van der Waals surface area contributed by atoms with E-state index in [0.717, 1.165) is 25.8 Å². The second-order valence-corrected chi connectivity index (χ2v) is 4.66. The first-order chi connectivity index (χ1) is 8.70. The first-order valence-corrected chi connectivity index (χ1v) is 6.19. The molecule has 1 aromatic heterocycles. The normalized spacial score (nSPS) is 23.2. The molecule has 1 aliphatic rings. The Hall–Kier alpha value is -1.56. The summed E-state index contributed by atoms with van der Waals surface area (Å²) >= 11 is 0. The van der Waals surface area contributed by atoms with Crippen LogP contribution in [0.4, 0.5) is 4.79 Å². The van der Waals surface area contributed by atoms with Gasteiger partial charge in [0.05, 0.1) is 12.9 Å². The predicted molar refractivity (Wildman–Crippen MR) is 65.6 cm³/mol. The average Bonchev–Trinajstić information content (AvgIpc) is 2.93. The van der Waals surface area contributed by atoms with Crippen molar-refractivity contribution in [2.24, 2.45) is 0 Å². The van der Waals surface area contributed by atoms with Crippen molar-refractivity contribution in [2.75, 3.05) is 13.7 Å². The van der Waals surface area contributed by atoms with E-state index in [1.807, 2.05) is 12.5 Å². The maximum Gasteiger partial charge on any atom is 0.404 e. The number of hydrogen-bond acceptors (Lipinski definition) is 3. The van der Waals surface area contributed by atoms with Gasteiger partial charge in [-0.25, -0.2) is 9.78 Å². The molecule has 1 heterocycles. The zero-order chi connectivity index (χ0) is 13.0. The van der Waals surface area contributed by atoms with Crippen LogP contribution >= 0.6 is 0 Å². The van der Waals surface area contributed by atoms with E-state index < -0.39 is 6.09 Å². The van der Waals surface area contributed by atoms with Gasteiger partial charge in [-0.05, 0) is 19.3 Å². The van der Waals surface area contributed by atoms with Crippen LogP contribution in [-0.4, -0.2) is 40.5 Å². The number of ether oxygens (including phenoxy) is 1. The lowest BCUT2D eigenvalue weighted by atomic mass is 10.0. The van der Waals surface area contributed by atoms with Crippen LogP contribution in [0.25, 0.3) is 0 Å². The van der Waals surface area contributed by atoms with Crippen molar-refractivity contribution in [3.63, 3.8) is 0 Å². The van der Waals surface area contributed by atoms with E-state index in [0.29, 0.717) is 12.5 Å². The Labute approximate surface area is 106 Å². The molecule has 1 aliphatic carbocycles. The van der Waals surface area contributed by atoms with Crippen LogP contribution in [0, 0.1) is 0 Å². The Bertz CT molecular complexity index is 405. The van der Waals surface area contributed by atoms with E-state index in [2.05, 4.69) is 14.9 Å². The van der Waals surface area contributed by atoms with Crippen LogP contribution in [0.5, 0.6) is 0 Å². The summed E-state index contributed by atoms with van der Waals surface area (Å²) in [6.45, 7) is 1.45. The molecule has 1 amide bonds. The van der Waals surface area contributed by atoms with Gasteiger partial charge in [-0.2, -0.15) is 0 Å². The van der Waals surface area contributed by atoms with Crippen LogP contribution in [-0.2, 0) is 11.3 Å². The molecule has 0 spiro atoms. The van der Waals surface area contributed by atoms with Crippen molar-refractivity contribution in [3.8, 4) is 0 Å². The number of imidazole rings is 1. The van der Waals surface area contributed by atoms with Gasteiger partial charge in [-0.1, -0.05) is 0 Å². The van der Waals surface area contributed by atoms with Gasteiger partial charge in [0, 0.05) is 37.5 Å². The van der Waals surface area contributed by atoms with Crippen molar-refractivity contribution in [1.82, 2.24) is 14.9 Å². The summed E-state index contributed by atoms with van der Waals surface area (Å²) in [6.07, 6.45) is 5.50. The van der Waals surface area contributed by atoms with E-state index in [4.69, 9.17) is 9.84 Å². The van der Waals surface area contributed by atoms with Gasteiger partial charge in [0.1, 0.15) is 0 Å². The Morgan fingerprint density at radius 2 is 2.50 bits per heavy atom. The first kappa shape index (κ1) is 12.9. The predicted octanol–water partition coefficient (Wildman–Crippen LogP) is 1.43. The van der Waals surface area contributed by atoms with E-state index in [9.17, 15) is 4.79 Å². The fraction of sp³-hybridized carbons (Fsp3) is 0.667. The number of rotatable bonds is 5. The highest BCUT2D eigenvalue weighted by Crippen LogP contribution is 2.34. The molecule has 1 fully saturated rings. The molecule has 0 radical (unpaired) electrons. The molecule has 0 saturated heterocycles. The van der Waals surface area contributed by atoms with Crippen LogP contribution in [0.1, 0.15) is 30.9 Å². The molecule has 18 heavy (non-hydrogen) atoms. The summed E-state index contributed by atoms with van der Waals surface area (Å²) in [6, 6.07) is 0.0678. The summed E-state index contributed by atoms with van der Waals surface area (Å²) in [7, 11) is 1.68. The lowest BCUT2D eigenvalue weighted by Crippen LogP contribution is -2.31. The average molecular weight is 253 g/mol. The standard InChI is InChI=1S/C12H19N3O3/c1-18-5-4-15-8-13-7-11(15)9-2-3-10(6-9)14-12(16)17/h7-10,14H,2-6H2,1H3,(H,16,17). The topological polar surface area (TPSA) is 76.4 Å². The number of carbonyl (C=O) groups is 1. The first-order valence-electron chi connectivity index (χ1n) is 6.19. The second kappa shape index (κ2) is 5.86. The van der Waals surface area contributed by atoms with Gasteiger partial charge >= 0.3 is 6.09 Å². The highest BCUT2D eigenvalue weighted by atomic mass is 16.5. The highest BCUT2D eigenvalue weighted by Gasteiger charge is 2.28. The smallest absolute Gasteiger partial charge is 0.404 e. The van der Waals surface area contributed by atoms with Crippen LogP contribution < -0.4 is 5.32 Å². The summed E-state index contributed by atoms with van der Waals surface area (Å²) in [4.78, 5) is 14.8. The molecule has 2 rings (SSSR count). The number of methoxy groups -OCH3 is 1. The minimum Gasteiger partial charge on any atom is -0.465 e. The monoisotopic (exact) mass is 253 g/mol. The zero-order valence-corrected chi connectivity index (χ0v) is 10.5. The van der Waals surface area contributed by atoms with Gasteiger partial charge in [0.15, 0.2) is 0 Å². The molecule has 2 atom stereocenters. The maximum absolute atomic E-state index is 10.6. The molecule has 1 aromatic rings. The quantitative estimate of drug-likeness (QED) is 0.832. The fourth-order valence-corrected chi connectivity index (χ4v) is 2.60. The van der Waals surface area contributed by atoms with Crippen molar-refractivity contribution >= 4 is 6.09 Å². The number of hydrogen-bond donors (Lipinski definition) is 2. The number of nitrogens with zero attached hydrogens (tertiary/aromatic N) is 2. The molecule has 2 unspecified atom stereocenters. The van der Waals surface area contributed by atoms with E-state index in [1.165, 1.54) is 5.69 Å². The van der Waals surface area contributed by atoms with Crippen molar-refractivity contribution in [3.05, 3.63) is 18.2 Å². The SMILES string of the molecule is COCCn1cncc1C1CCC(NC(=O)O)C1. The van der Waals surface area contributed by atoms with E-state index >= 15 is 0 Å². The number of nitrogens with one attached hydrogen (secondary N) is 1. The summed E-state index contributed by atoms with van der Waals surface area (Å²) in [5.41, 5.74) is 1.18. The second-order valence-electron chi connectivity index (χ2n) is 4.66. The largest absolute Gasteiger partial charge is 0.465 e. The third-order valence-electron chi connectivity index (χ3n) is 3.46. The van der Waals surface area contributed by atoms with E-state index in [1.54, 1.807) is 7.11 Å². The molecule has 100 valence electrons. The molecular formula is C12H19N3O3. The Kier molecular flexibility index (Phi) is 4.19. The third-order valence-corrected chi connectivity index (χ3v) is 3.46.